The highest BCUT2D eigenvalue weighted by Crippen LogP contribution is 2.28. The summed E-state index contributed by atoms with van der Waals surface area (Å²) in [6.45, 7) is 2.21. The third kappa shape index (κ3) is 2.88. The van der Waals surface area contributed by atoms with Crippen LogP contribution in [0, 0.1) is 0 Å². The van der Waals surface area contributed by atoms with Crippen LogP contribution in [0.15, 0.2) is 23.4 Å². The Labute approximate surface area is 113 Å². The topological polar surface area (TPSA) is 82.5 Å². The van der Waals surface area contributed by atoms with Gasteiger partial charge in [0.05, 0.1) is 11.3 Å². The van der Waals surface area contributed by atoms with Gasteiger partial charge in [0, 0.05) is 32.5 Å². The number of anilines is 1. The molecular weight excluding hydrogens is 266 g/mol. The van der Waals surface area contributed by atoms with Gasteiger partial charge in [-0.05, 0) is 25.8 Å². The SMILES string of the molecule is CNc1ccncc1S(=O)(=O)N1CCCC(C)(O)C1. The van der Waals surface area contributed by atoms with E-state index in [1.807, 2.05) is 0 Å². The molecule has 0 bridgehead atoms. The number of hydrogen-bond donors (Lipinski definition) is 2. The van der Waals surface area contributed by atoms with Gasteiger partial charge in [0.15, 0.2) is 0 Å². The lowest BCUT2D eigenvalue weighted by atomic mass is 9.97. The summed E-state index contributed by atoms with van der Waals surface area (Å²) in [5, 5.41) is 12.9. The molecule has 1 aliphatic heterocycles. The average molecular weight is 285 g/mol. The molecule has 1 aliphatic rings. The number of pyridine rings is 1. The molecule has 1 aromatic rings. The van der Waals surface area contributed by atoms with Crippen molar-refractivity contribution in [3.63, 3.8) is 0 Å². The molecule has 106 valence electrons. The minimum atomic E-state index is -3.63. The van der Waals surface area contributed by atoms with Crippen molar-refractivity contribution in [3.05, 3.63) is 18.5 Å². The molecule has 1 saturated heterocycles. The Morgan fingerprint density at radius 2 is 2.26 bits per heavy atom. The van der Waals surface area contributed by atoms with Gasteiger partial charge in [0.1, 0.15) is 4.90 Å². The maximum absolute atomic E-state index is 12.6. The van der Waals surface area contributed by atoms with E-state index in [0.717, 1.165) is 0 Å². The predicted molar refractivity (Wildman–Crippen MR) is 72.4 cm³/mol. The molecule has 1 aromatic heterocycles. The quantitative estimate of drug-likeness (QED) is 0.852. The summed E-state index contributed by atoms with van der Waals surface area (Å²) < 4.78 is 26.5. The number of nitrogens with one attached hydrogen (secondary N) is 1. The minimum absolute atomic E-state index is 0.118. The lowest BCUT2D eigenvalue weighted by molar-refractivity contribution is 0.00940. The number of piperidine rings is 1. The van der Waals surface area contributed by atoms with Gasteiger partial charge in [-0.3, -0.25) is 4.98 Å². The van der Waals surface area contributed by atoms with Crippen molar-refractivity contribution in [1.29, 1.82) is 0 Å². The lowest BCUT2D eigenvalue weighted by Gasteiger charge is -2.36. The van der Waals surface area contributed by atoms with Crippen LogP contribution in [0.5, 0.6) is 0 Å². The van der Waals surface area contributed by atoms with Gasteiger partial charge < -0.3 is 10.4 Å². The second-order valence-corrected chi connectivity index (χ2v) is 6.97. The van der Waals surface area contributed by atoms with E-state index in [4.69, 9.17) is 0 Å². The molecule has 19 heavy (non-hydrogen) atoms. The van der Waals surface area contributed by atoms with Crippen LogP contribution in [-0.4, -0.2) is 48.6 Å². The van der Waals surface area contributed by atoms with Gasteiger partial charge >= 0.3 is 0 Å². The smallest absolute Gasteiger partial charge is 0.246 e. The van der Waals surface area contributed by atoms with Crippen molar-refractivity contribution >= 4 is 15.7 Å². The molecule has 0 radical (unpaired) electrons. The normalized spacial score (nSPS) is 25.2. The zero-order valence-corrected chi connectivity index (χ0v) is 11.9. The Morgan fingerprint density at radius 3 is 2.89 bits per heavy atom. The molecule has 0 aromatic carbocycles. The third-order valence-corrected chi connectivity index (χ3v) is 5.18. The highest BCUT2D eigenvalue weighted by Gasteiger charge is 2.36. The molecule has 2 rings (SSSR count). The molecule has 1 atom stereocenters. The number of rotatable bonds is 3. The summed E-state index contributed by atoms with van der Waals surface area (Å²) in [6, 6.07) is 1.62. The van der Waals surface area contributed by atoms with Crippen molar-refractivity contribution in [1.82, 2.24) is 9.29 Å². The second kappa shape index (κ2) is 5.07. The minimum Gasteiger partial charge on any atom is -0.389 e. The number of nitrogens with zero attached hydrogens (tertiary/aromatic N) is 2. The van der Waals surface area contributed by atoms with Crippen LogP contribution in [0.25, 0.3) is 0 Å². The summed E-state index contributed by atoms with van der Waals surface area (Å²) in [4.78, 5) is 4.03. The van der Waals surface area contributed by atoms with Gasteiger partial charge in [-0.1, -0.05) is 0 Å². The molecule has 0 amide bonds. The van der Waals surface area contributed by atoms with E-state index < -0.39 is 15.6 Å². The molecule has 0 spiro atoms. The largest absolute Gasteiger partial charge is 0.389 e. The van der Waals surface area contributed by atoms with E-state index in [1.165, 1.54) is 16.7 Å². The van der Waals surface area contributed by atoms with Gasteiger partial charge in [-0.15, -0.1) is 0 Å². The second-order valence-electron chi connectivity index (χ2n) is 5.06. The number of β-amino-alcohol motifs (C(OH)–C–C–N with tert-alkyl or cyclic N) is 1. The van der Waals surface area contributed by atoms with Crippen LogP contribution in [0.4, 0.5) is 5.69 Å². The van der Waals surface area contributed by atoms with Crippen molar-refractivity contribution in [3.8, 4) is 0 Å². The van der Waals surface area contributed by atoms with Crippen LogP contribution >= 0.6 is 0 Å². The van der Waals surface area contributed by atoms with Crippen LogP contribution in [-0.2, 0) is 10.0 Å². The molecular formula is C12H19N3O3S. The van der Waals surface area contributed by atoms with Crippen LogP contribution in [0.3, 0.4) is 0 Å². The summed E-state index contributed by atoms with van der Waals surface area (Å²) >= 11 is 0. The monoisotopic (exact) mass is 285 g/mol. The van der Waals surface area contributed by atoms with Crippen LogP contribution in [0.2, 0.25) is 0 Å². The van der Waals surface area contributed by atoms with Gasteiger partial charge in [0.2, 0.25) is 10.0 Å². The fourth-order valence-electron chi connectivity index (χ4n) is 2.31. The van der Waals surface area contributed by atoms with E-state index in [-0.39, 0.29) is 11.4 Å². The first kappa shape index (κ1) is 14.2. The Balaban J connectivity index is 2.37. The van der Waals surface area contributed by atoms with Crippen molar-refractivity contribution < 1.29 is 13.5 Å². The molecule has 0 aliphatic carbocycles. The Kier molecular flexibility index (Phi) is 3.80. The molecule has 1 fully saturated rings. The third-order valence-electron chi connectivity index (χ3n) is 3.31. The number of aliphatic hydroxyl groups is 1. The van der Waals surface area contributed by atoms with E-state index in [2.05, 4.69) is 10.3 Å². The zero-order chi connectivity index (χ0) is 14.1. The fraction of sp³-hybridized carbons (Fsp3) is 0.583. The zero-order valence-electron chi connectivity index (χ0n) is 11.1. The van der Waals surface area contributed by atoms with Crippen molar-refractivity contribution in [2.45, 2.75) is 30.3 Å². The first-order valence-electron chi connectivity index (χ1n) is 6.21. The summed E-state index contributed by atoms with van der Waals surface area (Å²) in [6.07, 6.45) is 4.15. The first-order chi connectivity index (χ1) is 8.87. The van der Waals surface area contributed by atoms with E-state index in [1.54, 1.807) is 20.0 Å². The summed E-state index contributed by atoms with van der Waals surface area (Å²) in [5.41, 5.74) is -0.451. The van der Waals surface area contributed by atoms with Crippen molar-refractivity contribution in [2.75, 3.05) is 25.5 Å². The predicted octanol–water partition coefficient (Wildman–Crippen LogP) is 0.659. The van der Waals surface area contributed by atoms with E-state index >= 15 is 0 Å². The average Bonchev–Trinajstić information content (AvgIpc) is 2.37. The first-order valence-corrected chi connectivity index (χ1v) is 7.65. The van der Waals surface area contributed by atoms with E-state index in [9.17, 15) is 13.5 Å². The maximum atomic E-state index is 12.6. The number of sulfonamides is 1. The molecule has 2 N–H and O–H groups in total. The number of aromatic nitrogens is 1. The number of hydrogen-bond acceptors (Lipinski definition) is 5. The molecule has 7 heteroatoms. The highest BCUT2D eigenvalue weighted by molar-refractivity contribution is 7.89. The molecule has 2 heterocycles. The Hall–Kier alpha value is -1.18. The van der Waals surface area contributed by atoms with E-state index in [0.29, 0.717) is 25.1 Å². The van der Waals surface area contributed by atoms with Gasteiger partial charge in [-0.25, -0.2) is 8.42 Å². The Morgan fingerprint density at radius 1 is 1.53 bits per heavy atom. The molecule has 6 nitrogen and oxygen atoms in total. The van der Waals surface area contributed by atoms with Crippen LogP contribution in [0.1, 0.15) is 19.8 Å². The van der Waals surface area contributed by atoms with Crippen molar-refractivity contribution in [2.24, 2.45) is 0 Å². The molecule has 1 unspecified atom stereocenters. The summed E-state index contributed by atoms with van der Waals surface area (Å²) in [5.74, 6) is 0. The van der Waals surface area contributed by atoms with Gasteiger partial charge in [0.25, 0.3) is 0 Å². The standard InChI is InChI=1S/C12H19N3O3S/c1-12(16)5-3-7-15(9-12)19(17,18)11-8-14-6-4-10(11)13-2/h4,6,8,16H,3,5,7,9H2,1-2H3,(H,13,14). The fourth-order valence-corrected chi connectivity index (χ4v) is 4.05. The molecule has 0 saturated carbocycles. The van der Waals surface area contributed by atoms with Crippen LogP contribution < -0.4 is 5.32 Å². The highest BCUT2D eigenvalue weighted by atomic mass is 32.2. The Bertz CT molecular complexity index is 557. The lowest BCUT2D eigenvalue weighted by Crippen LogP contribution is -2.48. The maximum Gasteiger partial charge on any atom is 0.246 e. The van der Waals surface area contributed by atoms with Gasteiger partial charge in [-0.2, -0.15) is 4.31 Å². The summed E-state index contributed by atoms with van der Waals surface area (Å²) in [7, 11) is -1.96.